The molecular formula is C15H29NOS. The van der Waals surface area contributed by atoms with Gasteiger partial charge < -0.3 is 4.90 Å². The van der Waals surface area contributed by atoms with E-state index in [4.69, 9.17) is 0 Å². The minimum absolute atomic E-state index is 0.302. The quantitative estimate of drug-likeness (QED) is 0.717. The van der Waals surface area contributed by atoms with Gasteiger partial charge in [-0.1, -0.05) is 52.3 Å². The maximum Gasteiger partial charge on any atom is 0.281 e. The summed E-state index contributed by atoms with van der Waals surface area (Å²) >= 11 is 1.47. The second-order valence-electron chi connectivity index (χ2n) is 5.62. The van der Waals surface area contributed by atoms with Crippen molar-refractivity contribution in [2.45, 2.75) is 65.8 Å². The van der Waals surface area contributed by atoms with Crippen LogP contribution in [-0.2, 0) is 0 Å². The molecule has 1 aliphatic carbocycles. The number of unbranched alkanes of at least 4 members (excludes halogenated alkanes) is 1. The maximum absolute atomic E-state index is 12.3. The first kappa shape index (κ1) is 15.9. The number of hydrogen-bond donors (Lipinski definition) is 0. The normalized spacial score (nSPS) is 28.1. The summed E-state index contributed by atoms with van der Waals surface area (Å²) in [5.74, 6) is 2.20. The van der Waals surface area contributed by atoms with Crippen molar-refractivity contribution in [1.29, 1.82) is 0 Å². The number of nitrogens with zero attached hydrogens (tertiary/aromatic N) is 1. The van der Waals surface area contributed by atoms with Gasteiger partial charge in [0.25, 0.3) is 5.24 Å². The molecule has 106 valence electrons. The van der Waals surface area contributed by atoms with Crippen molar-refractivity contribution in [2.24, 2.45) is 11.8 Å². The molecule has 18 heavy (non-hydrogen) atoms. The van der Waals surface area contributed by atoms with E-state index in [0.29, 0.717) is 23.1 Å². The minimum Gasteiger partial charge on any atom is -0.330 e. The number of hydrogen-bond acceptors (Lipinski definition) is 2. The van der Waals surface area contributed by atoms with Crippen molar-refractivity contribution in [2.75, 3.05) is 12.3 Å². The molecule has 3 heteroatoms. The molecule has 0 N–H and O–H groups in total. The van der Waals surface area contributed by atoms with Gasteiger partial charge in [-0.25, -0.2) is 0 Å². The molecule has 2 unspecified atom stereocenters. The van der Waals surface area contributed by atoms with Crippen LogP contribution in [0.5, 0.6) is 0 Å². The minimum atomic E-state index is 0.302. The SMILES string of the molecule is CCCCN(C(=O)SCC)C1C(C)CCCC1C. The Balaban J connectivity index is 2.75. The monoisotopic (exact) mass is 271 g/mol. The standard InChI is InChI=1S/C15H29NOS/c1-5-7-11-16(15(17)18-6-2)14-12(3)9-8-10-13(14)4/h12-14H,5-11H2,1-4H3. The third-order valence-electron chi connectivity index (χ3n) is 4.10. The summed E-state index contributed by atoms with van der Waals surface area (Å²) in [6.07, 6.45) is 6.18. The van der Waals surface area contributed by atoms with Crippen LogP contribution in [0.25, 0.3) is 0 Å². The van der Waals surface area contributed by atoms with Crippen LogP contribution < -0.4 is 0 Å². The molecule has 0 saturated heterocycles. The number of thioether (sulfide) groups is 1. The molecular weight excluding hydrogens is 242 g/mol. The summed E-state index contributed by atoms with van der Waals surface area (Å²) in [7, 11) is 0. The highest BCUT2D eigenvalue weighted by molar-refractivity contribution is 8.13. The molecule has 2 atom stereocenters. The third kappa shape index (κ3) is 4.18. The Morgan fingerprint density at radius 3 is 2.33 bits per heavy atom. The summed E-state index contributed by atoms with van der Waals surface area (Å²) in [5, 5.41) is 0.302. The van der Waals surface area contributed by atoms with Gasteiger partial charge in [0.05, 0.1) is 0 Å². The predicted molar refractivity (Wildman–Crippen MR) is 81.1 cm³/mol. The number of carbonyl (C=O) groups is 1. The van der Waals surface area contributed by atoms with E-state index in [2.05, 4.69) is 32.6 Å². The van der Waals surface area contributed by atoms with Crippen LogP contribution in [0.3, 0.4) is 0 Å². The van der Waals surface area contributed by atoms with E-state index in [1.165, 1.54) is 31.0 Å². The highest BCUT2D eigenvalue weighted by Gasteiger charge is 2.34. The van der Waals surface area contributed by atoms with Gasteiger partial charge in [-0.05, 0) is 36.9 Å². The van der Waals surface area contributed by atoms with Gasteiger partial charge in [-0.15, -0.1) is 0 Å². The topological polar surface area (TPSA) is 20.3 Å². The Kier molecular flexibility index (Phi) is 7.13. The van der Waals surface area contributed by atoms with E-state index in [1.54, 1.807) is 0 Å². The molecule has 0 heterocycles. The number of rotatable bonds is 5. The Labute approximate surface area is 117 Å². The Bertz CT molecular complexity index is 247. The van der Waals surface area contributed by atoms with Gasteiger partial charge in [0, 0.05) is 12.6 Å². The van der Waals surface area contributed by atoms with Crippen molar-refractivity contribution < 1.29 is 4.79 Å². The second kappa shape index (κ2) is 8.08. The van der Waals surface area contributed by atoms with Crippen molar-refractivity contribution >= 4 is 17.0 Å². The van der Waals surface area contributed by atoms with Crippen molar-refractivity contribution in [3.05, 3.63) is 0 Å². The molecule has 1 rings (SSSR count). The lowest BCUT2D eigenvalue weighted by atomic mass is 9.78. The molecule has 0 aromatic heterocycles. The van der Waals surface area contributed by atoms with Gasteiger partial charge >= 0.3 is 0 Å². The van der Waals surface area contributed by atoms with Crippen LogP contribution >= 0.6 is 11.8 Å². The number of carbonyl (C=O) groups excluding carboxylic acids is 1. The Morgan fingerprint density at radius 2 is 1.83 bits per heavy atom. The number of amides is 1. The summed E-state index contributed by atoms with van der Waals surface area (Å²) in [4.78, 5) is 14.5. The summed E-state index contributed by atoms with van der Waals surface area (Å²) in [6, 6.07) is 0.469. The maximum atomic E-state index is 12.3. The average molecular weight is 271 g/mol. The van der Waals surface area contributed by atoms with Gasteiger partial charge in [0.15, 0.2) is 0 Å². The van der Waals surface area contributed by atoms with Crippen molar-refractivity contribution in [1.82, 2.24) is 4.90 Å². The molecule has 0 radical (unpaired) electrons. The fraction of sp³-hybridized carbons (Fsp3) is 0.933. The lowest BCUT2D eigenvalue weighted by Crippen LogP contribution is -2.48. The molecule has 0 aromatic carbocycles. The summed E-state index contributed by atoms with van der Waals surface area (Å²) in [6.45, 7) is 9.85. The Morgan fingerprint density at radius 1 is 1.22 bits per heavy atom. The molecule has 2 nitrogen and oxygen atoms in total. The first-order valence-electron chi connectivity index (χ1n) is 7.55. The van der Waals surface area contributed by atoms with Gasteiger partial charge in [0.1, 0.15) is 0 Å². The van der Waals surface area contributed by atoms with E-state index >= 15 is 0 Å². The lowest BCUT2D eigenvalue weighted by Gasteiger charge is -2.42. The molecule has 0 aromatic rings. The second-order valence-corrected chi connectivity index (χ2v) is 6.84. The van der Waals surface area contributed by atoms with Crippen molar-refractivity contribution in [3.63, 3.8) is 0 Å². The summed E-state index contributed by atoms with van der Waals surface area (Å²) < 4.78 is 0. The molecule has 1 aliphatic rings. The first-order chi connectivity index (χ1) is 8.61. The summed E-state index contributed by atoms with van der Waals surface area (Å²) in [5.41, 5.74) is 0. The van der Waals surface area contributed by atoms with Crippen LogP contribution in [0.15, 0.2) is 0 Å². The molecule has 1 saturated carbocycles. The largest absolute Gasteiger partial charge is 0.330 e. The van der Waals surface area contributed by atoms with Crippen LogP contribution in [0, 0.1) is 11.8 Å². The van der Waals surface area contributed by atoms with E-state index < -0.39 is 0 Å². The van der Waals surface area contributed by atoms with Crippen LogP contribution in [-0.4, -0.2) is 28.5 Å². The highest BCUT2D eigenvalue weighted by Crippen LogP contribution is 2.34. The smallest absolute Gasteiger partial charge is 0.281 e. The van der Waals surface area contributed by atoms with E-state index in [1.807, 2.05) is 0 Å². The van der Waals surface area contributed by atoms with Crippen LogP contribution in [0.1, 0.15) is 59.8 Å². The molecule has 0 bridgehead atoms. The van der Waals surface area contributed by atoms with E-state index in [9.17, 15) is 4.79 Å². The van der Waals surface area contributed by atoms with Crippen molar-refractivity contribution in [3.8, 4) is 0 Å². The van der Waals surface area contributed by atoms with Gasteiger partial charge in [0.2, 0.25) is 0 Å². The van der Waals surface area contributed by atoms with Gasteiger partial charge in [-0.3, -0.25) is 4.79 Å². The van der Waals surface area contributed by atoms with Crippen LogP contribution in [0.4, 0.5) is 4.79 Å². The first-order valence-corrected chi connectivity index (χ1v) is 8.53. The molecule has 1 amide bonds. The highest BCUT2D eigenvalue weighted by atomic mass is 32.2. The lowest BCUT2D eigenvalue weighted by molar-refractivity contribution is 0.102. The third-order valence-corrected chi connectivity index (χ3v) is 4.87. The van der Waals surface area contributed by atoms with Gasteiger partial charge in [-0.2, -0.15) is 0 Å². The molecule has 1 fully saturated rings. The predicted octanol–water partition coefficient (Wildman–Crippen LogP) is 4.79. The zero-order chi connectivity index (χ0) is 13.5. The van der Waals surface area contributed by atoms with Crippen LogP contribution in [0.2, 0.25) is 0 Å². The average Bonchev–Trinajstić information content (AvgIpc) is 2.33. The fourth-order valence-corrected chi connectivity index (χ4v) is 3.80. The zero-order valence-corrected chi connectivity index (χ0v) is 13.3. The molecule has 0 spiro atoms. The zero-order valence-electron chi connectivity index (χ0n) is 12.4. The van der Waals surface area contributed by atoms with E-state index in [0.717, 1.165) is 25.1 Å². The van der Waals surface area contributed by atoms with E-state index in [-0.39, 0.29) is 0 Å². The Hall–Kier alpha value is -0.180. The molecule has 0 aliphatic heterocycles. The fourth-order valence-electron chi connectivity index (χ4n) is 3.18.